The number of carbonyl (C=O) groups excluding carboxylic acids is 1. The quantitative estimate of drug-likeness (QED) is 0.611. The second kappa shape index (κ2) is 9.59. The van der Waals surface area contributed by atoms with Gasteiger partial charge in [0.1, 0.15) is 5.65 Å². The molecule has 0 fully saturated rings. The molecule has 1 aliphatic rings. The first-order valence-corrected chi connectivity index (χ1v) is 8.48. The van der Waals surface area contributed by atoms with Gasteiger partial charge in [-0.15, -0.1) is 24.8 Å². The van der Waals surface area contributed by atoms with E-state index in [4.69, 9.17) is 0 Å². The highest BCUT2D eigenvalue weighted by Crippen LogP contribution is 2.08. The van der Waals surface area contributed by atoms with Crippen molar-refractivity contribution in [3.8, 4) is 0 Å². The number of halogens is 2. The maximum absolute atomic E-state index is 12.0. The molecule has 0 unspecified atom stereocenters. The second-order valence-electron chi connectivity index (χ2n) is 6.12. The molecule has 0 bridgehead atoms. The molecule has 146 valence electrons. The van der Waals surface area contributed by atoms with Gasteiger partial charge < -0.3 is 20.4 Å². The Kier molecular flexibility index (Phi) is 7.46. The van der Waals surface area contributed by atoms with E-state index >= 15 is 0 Å². The number of hydrogen-bond donors (Lipinski definition) is 3. The number of pyridine rings is 1. The molecule has 0 saturated carbocycles. The molecule has 0 radical (unpaired) electrons. The van der Waals surface area contributed by atoms with E-state index in [0.717, 1.165) is 43.1 Å². The van der Waals surface area contributed by atoms with E-state index in [0.29, 0.717) is 13.1 Å². The average Bonchev–Trinajstić information content (AvgIpc) is 3.15. The number of hydrogen-bond acceptors (Lipinski definition) is 4. The van der Waals surface area contributed by atoms with Crippen LogP contribution in [-0.2, 0) is 26.2 Å². The number of nitrogens with one attached hydrogen (secondary N) is 3. The maximum Gasteiger partial charge on any atom is 0.315 e. The Bertz CT molecular complexity index is 836. The number of aromatic nitrogens is 4. The maximum atomic E-state index is 12.0. The average molecular weight is 412 g/mol. The van der Waals surface area contributed by atoms with Crippen molar-refractivity contribution < 1.29 is 4.79 Å². The smallest absolute Gasteiger partial charge is 0.315 e. The van der Waals surface area contributed by atoms with Gasteiger partial charge in [-0.1, -0.05) is 6.07 Å². The van der Waals surface area contributed by atoms with Crippen LogP contribution in [0.4, 0.5) is 4.79 Å². The molecule has 4 rings (SSSR count). The summed E-state index contributed by atoms with van der Waals surface area (Å²) < 4.78 is 3.95. The van der Waals surface area contributed by atoms with E-state index in [1.54, 1.807) is 0 Å². The van der Waals surface area contributed by atoms with Crippen molar-refractivity contribution in [1.29, 1.82) is 0 Å². The van der Waals surface area contributed by atoms with Crippen molar-refractivity contribution in [2.24, 2.45) is 0 Å². The van der Waals surface area contributed by atoms with Crippen LogP contribution in [0.5, 0.6) is 0 Å². The summed E-state index contributed by atoms with van der Waals surface area (Å²) in [7, 11) is 0. The van der Waals surface area contributed by atoms with Gasteiger partial charge in [-0.25, -0.2) is 9.78 Å². The Morgan fingerprint density at radius 3 is 2.81 bits per heavy atom. The fourth-order valence-electron chi connectivity index (χ4n) is 2.98. The van der Waals surface area contributed by atoms with Gasteiger partial charge in [-0.05, 0) is 31.2 Å². The van der Waals surface area contributed by atoms with E-state index in [1.807, 2.05) is 45.7 Å². The Morgan fingerprint density at radius 1 is 1.19 bits per heavy atom. The molecule has 0 spiro atoms. The predicted molar refractivity (Wildman–Crippen MR) is 107 cm³/mol. The summed E-state index contributed by atoms with van der Waals surface area (Å²) in [6, 6.07) is 7.63. The van der Waals surface area contributed by atoms with E-state index in [1.165, 1.54) is 5.69 Å². The largest absolute Gasteiger partial charge is 0.332 e. The van der Waals surface area contributed by atoms with E-state index in [-0.39, 0.29) is 30.8 Å². The SMILES string of the molecule is Cl.Cl.O=C(NCc1cn2ccccc2n1)NCc1cc2n(n1)CCCNC2. The van der Waals surface area contributed by atoms with E-state index in [2.05, 4.69) is 26.0 Å². The van der Waals surface area contributed by atoms with Gasteiger partial charge in [0, 0.05) is 25.5 Å². The number of amides is 2. The molecule has 1 aliphatic heterocycles. The minimum absolute atomic E-state index is 0. The molecule has 27 heavy (non-hydrogen) atoms. The van der Waals surface area contributed by atoms with Crippen LogP contribution in [-0.4, -0.2) is 31.7 Å². The first kappa shape index (κ1) is 21.0. The van der Waals surface area contributed by atoms with Gasteiger partial charge in [0.15, 0.2) is 0 Å². The first-order chi connectivity index (χ1) is 12.3. The van der Waals surface area contributed by atoms with Crippen LogP contribution in [0.25, 0.3) is 5.65 Å². The fraction of sp³-hybridized carbons (Fsp3) is 0.353. The summed E-state index contributed by atoms with van der Waals surface area (Å²) in [5.41, 5.74) is 3.73. The van der Waals surface area contributed by atoms with Crippen molar-refractivity contribution in [3.63, 3.8) is 0 Å². The number of aryl methyl sites for hydroxylation is 1. The van der Waals surface area contributed by atoms with Crippen molar-refractivity contribution >= 4 is 36.5 Å². The first-order valence-electron chi connectivity index (χ1n) is 8.48. The van der Waals surface area contributed by atoms with Gasteiger partial charge >= 0.3 is 6.03 Å². The van der Waals surface area contributed by atoms with Crippen molar-refractivity contribution in [1.82, 2.24) is 35.1 Å². The zero-order valence-corrected chi connectivity index (χ0v) is 16.4. The zero-order valence-electron chi connectivity index (χ0n) is 14.7. The molecule has 8 nitrogen and oxygen atoms in total. The molecule has 3 N–H and O–H groups in total. The highest BCUT2D eigenvalue weighted by atomic mass is 35.5. The van der Waals surface area contributed by atoms with Crippen LogP contribution in [0.2, 0.25) is 0 Å². The molecule has 0 aromatic carbocycles. The van der Waals surface area contributed by atoms with Crippen LogP contribution in [0.3, 0.4) is 0 Å². The lowest BCUT2D eigenvalue weighted by molar-refractivity contribution is 0.240. The van der Waals surface area contributed by atoms with Gasteiger partial charge in [0.25, 0.3) is 0 Å². The number of nitrogens with zero attached hydrogens (tertiary/aromatic N) is 4. The summed E-state index contributed by atoms with van der Waals surface area (Å²) in [4.78, 5) is 16.5. The summed E-state index contributed by atoms with van der Waals surface area (Å²) in [5, 5.41) is 13.6. The highest BCUT2D eigenvalue weighted by molar-refractivity contribution is 5.85. The minimum atomic E-state index is -0.224. The number of urea groups is 1. The minimum Gasteiger partial charge on any atom is -0.332 e. The van der Waals surface area contributed by atoms with Crippen LogP contribution in [0, 0.1) is 0 Å². The second-order valence-corrected chi connectivity index (χ2v) is 6.12. The lowest BCUT2D eigenvalue weighted by Gasteiger charge is -2.04. The third-order valence-electron chi connectivity index (χ3n) is 4.22. The molecular formula is C17H23Cl2N7O. The van der Waals surface area contributed by atoms with Crippen LogP contribution in [0.15, 0.2) is 36.7 Å². The normalized spacial score (nSPS) is 13.0. The molecule has 10 heteroatoms. The Labute approximate surface area is 169 Å². The third-order valence-corrected chi connectivity index (χ3v) is 4.22. The Balaban J connectivity index is 0.00000131. The van der Waals surface area contributed by atoms with Gasteiger partial charge in [0.05, 0.1) is 30.2 Å². The Morgan fingerprint density at radius 2 is 2.00 bits per heavy atom. The molecule has 2 amide bonds. The van der Waals surface area contributed by atoms with Crippen LogP contribution in [0.1, 0.15) is 23.5 Å². The van der Waals surface area contributed by atoms with Gasteiger partial charge in [0.2, 0.25) is 0 Å². The standard InChI is InChI=1S/C17H21N7O.2ClH/c25-17(20-10-14-12-23-6-2-1-4-16(23)21-14)19-9-13-8-15-11-18-5-3-7-24(15)22-13;;/h1-2,4,6,8,12,18H,3,5,7,9-11H2,(H2,19,20,25);2*1H. The number of imidazole rings is 1. The number of carbonyl (C=O) groups is 1. The number of rotatable bonds is 4. The summed E-state index contributed by atoms with van der Waals surface area (Å²) in [6.07, 6.45) is 4.92. The third kappa shape index (κ3) is 5.12. The molecule has 0 atom stereocenters. The molecule has 3 aromatic rings. The molecule has 4 heterocycles. The lowest BCUT2D eigenvalue weighted by Crippen LogP contribution is -2.34. The monoisotopic (exact) mass is 411 g/mol. The van der Waals surface area contributed by atoms with Crippen LogP contribution >= 0.6 is 24.8 Å². The van der Waals surface area contributed by atoms with Crippen molar-refractivity contribution in [2.45, 2.75) is 32.6 Å². The predicted octanol–water partition coefficient (Wildman–Crippen LogP) is 1.87. The summed E-state index contributed by atoms with van der Waals surface area (Å²) >= 11 is 0. The fourth-order valence-corrected chi connectivity index (χ4v) is 2.98. The topological polar surface area (TPSA) is 88.3 Å². The summed E-state index contributed by atoms with van der Waals surface area (Å²) in [5.74, 6) is 0. The molecule has 0 aliphatic carbocycles. The number of fused-ring (bicyclic) bond motifs is 2. The summed E-state index contributed by atoms with van der Waals surface area (Å²) in [6.45, 7) is 3.56. The lowest BCUT2D eigenvalue weighted by atomic mass is 10.3. The zero-order chi connectivity index (χ0) is 17.1. The van der Waals surface area contributed by atoms with Gasteiger partial charge in [-0.2, -0.15) is 5.10 Å². The van der Waals surface area contributed by atoms with E-state index < -0.39 is 0 Å². The Hall–Kier alpha value is -2.29. The molecule has 3 aromatic heterocycles. The van der Waals surface area contributed by atoms with Crippen LogP contribution < -0.4 is 16.0 Å². The molecule has 0 saturated heterocycles. The van der Waals surface area contributed by atoms with Crippen molar-refractivity contribution in [2.75, 3.05) is 6.54 Å². The van der Waals surface area contributed by atoms with Crippen molar-refractivity contribution in [3.05, 3.63) is 53.7 Å². The van der Waals surface area contributed by atoms with Gasteiger partial charge in [-0.3, -0.25) is 4.68 Å². The highest BCUT2D eigenvalue weighted by Gasteiger charge is 2.11. The molecular weight excluding hydrogens is 389 g/mol. The van der Waals surface area contributed by atoms with E-state index in [9.17, 15) is 4.79 Å².